The van der Waals surface area contributed by atoms with E-state index < -0.39 is 0 Å². The SMILES string of the molecule is COc1cc(C2CNCCC(Cc3ccccc3)C2)cc2c1OCO2. The minimum absolute atomic E-state index is 0.273. The summed E-state index contributed by atoms with van der Waals surface area (Å²) in [6.45, 7) is 2.35. The van der Waals surface area contributed by atoms with Gasteiger partial charge in [0.05, 0.1) is 7.11 Å². The van der Waals surface area contributed by atoms with Crippen LogP contribution in [-0.2, 0) is 6.42 Å². The number of nitrogens with one attached hydrogen (secondary N) is 1. The third-order valence-electron chi connectivity index (χ3n) is 5.26. The minimum Gasteiger partial charge on any atom is -0.493 e. The molecule has 2 aromatic carbocycles. The van der Waals surface area contributed by atoms with Gasteiger partial charge in [0.2, 0.25) is 12.5 Å². The van der Waals surface area contributed by atoms with Gasteiger partial charge in [0, 0.05) is 6.54 Å². The van der Waals surface area contributed by atoms with Crippen LogP contribution in [0.2, 0.25) is 0 Å². The van der Waals surface area contributed by atoms with Crippen LogP contribution >= 0.6 is 0 Å². The second kappa shape index (κ2) is 7.36. The highest BCUT2D eigenvalue weighted by Gasteiger charge is 2.26. The summed E-state index contributed by atoms with van der Waals surface area (Å²) >= 11 is 0. The summed E-state index contributed by atoms with van der Waals surface area (Å²) in [4.78, 5) is 0. The van der Waals surface area contributed by atoms with Gasteiger partial charge < -0.3 is 19.5 Å². The molecule has 1 saturated heterocycles. The topological polar surface area (TPSA) is 39.7 Å². The van der Waals surface area contributed by atoms with Gasteiger partial charge >= 0.3 is 0 Å². The first-order chi connectivity index (χ1) is 12.3. The van der Waals surface area contributed by atoms with E-state index >= 15 is 0 Å². The van der Waals surface area contributed by atoms with Gasteiger partial charge in [-0.05, 0) is 60.9 Å². The summed E-state index contributed by atoms with van der Waals surface area (Å²) in [6.07, 6.45) is 3.53. The van der Waals surface area contributed by atoms with Gasteiger partial charge in [0.25, 0.3) is 0 Å². The molecule has 4 heteroatoms. The second-order valence-corrected chi connectivity index (χ2v) is 6.94. The summed E-state index contributed by atoms with van der Waals surface area (Å²) in [6, 6.07) is 15.1. The van der Waals surface area contributed by atoms with E-state index in [4.69, 9.17) is 14.2 Å². The summed E-state index contributed by atoms with van der Waals surface area (Å²) in [5, 5.41) is 3.60. The van der Waals surface area contributed by atoms with Gasteiger partial charge in [0.1, 0.15) is 0 Å². The largest absolute Gasteiger partial charge is 0.493 e. The highest BCUT2D eigenvalue weighted by molar-refractivity contribution is 5.55. The predicted molar refractivity (Wildman–Crippen MR) is 97.6 cm³/mol. The van der Waals surface area contributed by atoms with Crippen molar-refractivity contribution in [1.29, 1.82) is 0 Å². The number of ether oxygens (including phenoxy) is 3. The smallest absolute Gasteiger partial charge is 0.231 e. The Hall–Kier alpha value is -2.20. The van der Waals surface area contributed by atoms with E-state index in [9.17, 15) is 0 Å². The molecular formula is C21H25NO3. The molecule has 2 unspecified atom stereocenters. The maximum absolute atomic E-state index is 5.60. The monoisotopic (exact) mass is 339 g/mol. The summed E-state index contributed by atoms with van der Waals surface area (Å²) in [5.74, 6) is 3.44. The molecule has 132 valence electrons. The van der Waals surface area contributed by atoms with Crippen molar-refractivity contribution in [2.45, 2.75) is 25.2 Å². The lowest BCUT2D eigenvalue weighted by Crippen LogP contribution is -2.19. The standard InChI is InChI=1S/C21H25NO3/c1-23-19-11-17(12-20-21(19)25-14-24-20)18-10-16(7-8-22-13-18)9-15-5-3-2-4-6-15/h2-6,11-12,16,18,22H,7-10,13-14H2,1H3. The molecule has 0 radical (unpaired) electrons. The van der Waals surface area contributed by atoms with E-state index in [1.54, 1.807) is 7.11 Å². The molecule has 4 rings (SSSR count). The Morgan fingerprint density at radius 2 is 2.04 bits per heavy atom. The molecule has 0 aromatic heterocycles. The van der Waals surface area contributed by atoms with Crippen molar-refractivity contribution in [3.63, 3.8) is 0 Å². The molecule has 0 amide bonds. The van der Waals surface area contributed by atoms with E-state index in [1.807, 2.05) is 0 Å². The molecule has 2 atom stereocenters. The fourth-order valence-corrected chi connectivity index (χ4v) is 3.96. The van der Waals surface area contributed by atoms with Crippen LogP contribution in [0.1, 0.15) is 29.9 Å². The first-order valence-corrected chi connectivity index (χ1v) is 9.05. The number of rotatable bonds is 4. The van der Waals surface area contributed by atoms with E-state index in [0.717, 1.165) is 36.8 Å². The zero-order valence-electron chi connectivity index (χ0n) is 14.7. The molecule has 2 aromatic rings. The maximum atomic E-state index is 5.60. The molecule has 25 heavy (non-hydrogen) atoms. The Balaban J connectivity index is 1.55. The summed E-state index contributed by atoms with van der Waals surface area (Å²) < 4.78 is 16.6. The Morgan fingerprint density at radius 1 is 1.16 bits per heavy atom. The molecule has 2 heterocycles. The fourth-order valence-electron chi connectivity index (χ4n) is 3.96. The third-order valence-corrected chi connectivity index (χ3v) is 5.26. The van der Waals surface area contributed by atoms with Crippen molar-refractivity contribution in [3.05, 3.63) is 53.6 Å². The van der Waals surface area contributed by atoms with Gasteiger partial charge in [-0.2, -0.15) is 0 Å². The van der Waals surface area contributed by atoms with Gasteiger partial charge in [-0.25, -0.2) is 0 Å². The van der Waals surface area contributed by atoms with Crippen LogP contribution in [0.4, 0.5) is 0 Å². The maximum Gasteiger partial charge on any atom is 0.231 e. The molecule has 0 spiro atoms. The van der Waals surface area contributed by atoms with Crippen LogP contribution in [0, 0.1) is 5.92 Å². The average molecular weight is 339 g/mol. The molecule has 1 N–H and O–H groups in total. The molecule has 1 fully saturated rings. The number of hydrogen-bond donors (Lipinski definition) is 1. The van der Waals surface area contributed by atoms with Crippen molar-refractivity contribution in [2.24, 2.45) is 5.92 Å². The fraction of sp³-hybridized carbons (Fsp3) is 0.429. The van der Waals surface area contributed by atoms with Crippen LogP contribution in [-0.4, -0.2) is 27.0 Å². The Labute approximate surface area is 149 Å². The van der Waals surface area contributed by atoms with Crippen LogP contribution in [0.3, 0.4) is 0 Å². The first-order valence-electron chi connectivity index (χ1n) is 9.05. The van der Waals surface area contributed by atoms with Crippen LogP contribution in [0.15, 0.2) is 42.5 Å². The van der Waals surface area contributed by atoms with Crippen molar-refractivity contribution in [2.75, 3.05) is 27.0 Å². The lowest BCUT2D eigenvalue weighted by molar-refractivity contribution is 0.171. The van der Waals surface area contributed by atoms with E-state index in [0.29, 0.717) is 11.8 Å². The minimum atomic E-state index is 0.273. The van der Waals surface area contributed by atoms with Gasteiger partial charge in [-0.1, -0.05) is 30.3 Å². The zero-order chi connectivity index (χ0) is 17.1. The van der Waals surface area contributed by atoms with Gasteiger partial charge in [-0.15, -0.1) is 0 Å². The van der Waals surface area contributed by atoms with Crippen molar-refractivity contribution in [1.82, 2.24) is 5.32 Å². The Bertz CT molecular complexity index is 717. The number of methoxy groups -OCH3 is 1. The molecule has 2 aliphatic rings. The molecule has 0 aliphatic carbocycles. The van der Waals surface area contributed by atoms with Crippen LogP contribution in [0.5, 0.6) is 17.2 Å². The normalized spacial score (nSPS) is 22.4. The highest BCUT2D eigenvalue weighted by Crippen LogP contribution is 2.44. The molecule has 0 bridgehead atoms. The summed E-state index contributed by atoms with van der Waals surface area (Å²) in [7, 11) is 1.69. The highest BCUT2D eigenvalue weighted by atomic mass is 16.7. The van der Waals surface area contributed by atoms with Crippen molar-refractivity contribution >= 4 is 0 Å². The lowest BCUT2D eigenvalue weighted by Gasteiger charge is -2.21. The van der Waals surface area contributed by atoms with E-state index in [-0.39, 0.29) is 6.79 Å². The number of fused-ring (bicyclic) bond motifs is 1. The van der Waals surface area contributed by atoms with Crippen LogP contribution < -0.4 is 19.5 Å². The predicted octanol–water partition coefficient (Wildman–Crippen LogP) is 3.75. The third kappa shape index (κ3) is 3.59. The molecule has 4 nitrogen and oxygen atoms in total. The number of benzene rings is 2. The quantitative estimate of drug-likeness (QED) is 0.921. The number of hydrogen-bond acceptors (Lipinski definition) is 4. The molecule has 2 aliphatic heterocycles. The molecule has 0 saturated carbocycles. The molecular weight excluding hydrogens is 314 g/mol. The second-order valence-electron chi connectivity index (χ2n) is 6.94. The van der Waals surface area contributed by atoms with Crippen molar-refractivity contribution in [3.8, 4) is 17.2 Å². The van der Waals surface area contributed by atoms with Gasteiger partial charge in [-0.3, -0.25) is 0 Å². The Morgan fingerprint density at radius 3 is 2.88 bits per heavy atom. The summed E-state index contributed by atoms with van der Waals surface area (Å²) in [5.41, 5.74) is 2.70. The van der Waals surface area contributed by atoms with E-state index in [2.05, 4.69) is 47.8 Å². The van der Waals surface area contributed by atoms with E-state index in [1.165, 1.54) is 24.0 Å². The first kappa shape index (κ1) is 16.3. The van der Waals surface area contributed by atoms with Gasteiger partial charge in [0.15, 0.2) is 11.5 Å². The van der Waals surface area contributed by atoms with Crippen molar-refractivity contribution < 1.29 is 14.2 Å². The average Bonchev–Trinajstić information content (AvgIpc) is 3.00. The zero-order valence-corrected chi connectivity index (χ0v) is 14.7. The Kier molecular flexibility index (Phi) is 4.79. The lowest BCUT2D eigenvalue weighted by atomic mass is 9.85. The van der Waals surface area contributed by atoms with Crippen LogP contribution in [0.25, 0.3) is 0 Å².